The maximum absolute atomic E-state index is 12.0. The fraction of sp³-hybridized carbons (Fsp3) is 0.471. The zero-order valence-corrected chi connectivity index (χ0v) is 14.2. The van der Waals surface area contributed by atoms with E-state index in [9.17, 15) is 14.4 Å². The van der Waals surface area contributed by atoms with Gasteiger partial charge in [-0.2, -0.15) is 0 Å². The Balaban J connectivity index is 2.40. The molecule has 0 saturated carbocycles. The summed E-state index contributed by atoms with van der Waals surface area (Å²) in [5, 5.41) is 4.68. The van der Waals surface area contributed by atoms with Gasteiger partial charge in [-0.25, -0.2) is 9.59 Å². The van der Waals surface area contributed by atoms with Crippen LogP contribution in [0.1, 0.15) is 33.6 Å². The van der Waals surface area contributed by atoms with Crippen LogP contribution in [0, 0.1) is 0 Å². The van der Waals surface area contributed by atoms with Crippen molar-refractivity contribution in [2.75, 3.05) is 6.61 Å². The average Bonchev–Trinajstić information content (AvgIpc) is 2.58. The van der Waals surface area contributed by atoms with Crippen molar-refractivity contribution in [3.05, 3.63) is 30.3 Å². The van der Waals surface area contributed by atoms with Gasteiger partial charge >= 0.3 is 12.0 Å². The molecule has 7 nitrogen and oxygen atoms in total. The Kier molecular flexibility index (Phi) is 8.32. The summed E-state index contributed by atoms with van der Waals surface area (Å²) in [7, 11) is 0. The van der Waals surface area contributed by atoms with Crippen LogP contribution >= 0.6 is 0 Å². The molecule has 2 atom stereocenters. The zero-order valence-electron chi connectivity index (χ0n) is 14.2. The molecule has 0 bridgehead atoms. The van der Waals surface area contributed by atoms with Crippen LogP contribution in [0.5, 0.6) is 5.75 Å². The van der Waals surface area contributed by atoms with E-state index in [1.165, 1.54) is 0 Å². The third kappa shape index (κ3) is 7.13. The fourth-order valence-electron chi connectivity index (χ4n) is 1.72. The van der Waals surface area contributed by atoms with Gasteiger partial charge in [0, 0.05) is 6.04 Å². The SMILES string of the molecule is CC[C@@H](C)NC(=O)NC(=O)COC(=O)[C@@H](CC)Oc1ccccc1. The van der Waals surface area contributed by atoms with E-state index in [2.05, 4.69) is 10.6 Å². The molecule has 0 aromatic heterocycles. The molecule has 0 fully saturated rings. The third-order valence-electron chi connectivity index (χ3n) is 3.24. The molecule has 0 aliphatic rings. The lowest BCUT2D eigenvalue weighted by Crippen LogP contribution is -2.45. The number of amides is 3. The maximum atomic E-state index is 12.0. The van der Waals surface area contributed by atoms with Crippen molar-refractivity contribution < 1.29 is 23.9 Å². The number of rotatable bonds is 8. The number of ether oxygens (including phenoxy) is 2. The molecule has 0 heterocycles. The van der Waals surface area contributed by atoms with Crippen LogP contribution < -0.4 is 15.4 Å². The number of esters is 1. The van der Waals surface area contributed by atoms with Crippen molar-refractivity contribution in [1.29, 1.82) is 0 Å². The molecular formula is C17H24N2O5. The number of hydrogen-bond acceptors (Lipinski definition) is 5. The number of nitrogens with one attached hydrogen (secondary N) is 2. The summed E-state index contributed by atoms with van der Waals surface area (Å²) in [6, 6.07) is 8.19. The average molecular weight is 336 g/mol. The summed E-state index contributed by atoms with van der Waals surface area (Å²) < 4.78 is 10.4. The van der Waals surface area contributed by atoms with E-state index in [1.807, 2.05) is 19.9 Å². The molecule has 1 aromatic carbocycles. The van der Waals surface area contributed by atoms with Crippen molar-refractivity contribution in [2.45, 2.75) is 45.8 Å². The van der Waals surface area contributed by atoms with E-state index >= 15 is 0 Å². The Bertz CT molecular complexity index is 547. The standard InChI is InChI=1S/C17H24N2O5/c1-4-12(3)18-17(22)19-15(20)11-23-16(21)14(5-2)24-13-9-7-6-8-10-13/h6-10,12,14H,4-5,11H2,1-3H3,(H2,18,19,20,22)/t12-,14-/m1/s1. The number of para-hydroxylation sites is 1. The van der Waals surface area contributed by atoms with Gasteiger partial charge in [-0.1, -0.05) is 32.0 Å². The molecule has 0 saturated heterocycles. The second kappa shape index (κ2) is 10.3. The molecule has 0 unspecified atom stereocenters. The van der Waals surface area contributed by atoms with Crippen LogP contribution in [0.25, 0.3) is 0 Å². The van der Waals surface area contributed by atoms with E-state index in [-0.39, 0.29) is 6.04 Å². The van der Waals surface area contributed by atoms with E-state index in [0.717, 1.165) is 6.42 Å². The lowest BCUT2D eigenvalue weighted by Gasteiger charge is -2.16. The molecule has 0 spiro atoms. The monoisotopic (exact) mass is 336 g/mol. The summed E-state index contributed by atoms with van der Waals surface area (Å²) in [5.41, 5.74) is 0. The number of benzene rings is 1. The molecule has 0 aliphatic heterocycles. The van der Waals surface area contributed by atoms with Gasteiger partial charge < -0.3 is 14.8 Å². The highest BCUT2D eigenvalue weighted by Crippen LogP contribution is 2.13. The summed E-state index contributed by atoms with van der Waals surface area (Å²) in [5.74, 6) is -0.809. The van der Waals surface area contributed by atoms with E-state index in [4.69, 9.17) is 9.47 Å². The molecule has 24 heavy (non-hydrogen) atoms. The summed E-state index contributed by atoms with van der Waals surface area (Å²) in [6.45, 7) is 4.96. The number of imide groups is 1. The topological polar surface area (TPSA) is 93.7 Å². The van der Waals surface area contributed by atoms with Crippen LogP contribution in [0.3, 0.4) is 0 Å². The Morgan fingerprint density at radius 1 is 1.08 bits per heavy atom. The lowest BCUT2D eigenvalue weighted by atomic mass is 10.2. The minimum atomic E-state index is -0.811. The van der Waals surface area contributed by atoms with Crippen molar-refractivity contribution in [2.24, 2.45) is 0 Å². The molecule has 1 aromatic rings. The molecule has 7 heteroatoms. The Hall–Kier alpha value is -2.57. The van der Waals surface area contributed by atoms with E-state index < -0.39 is 30.6 Å². The first-order valence-corrected chi connectivity index (χ1v) is 7.94. The second-order valence-corrected chi connectivity index (χ2v) is 5.27. The molecule has 2 N–H and O–H groups in total. The molecule has 3 amide bonds. The van der Waals surface area contributed by atoms with Crippen molar-refractivity contribution in [3.63, 3.8) is 0 Å². The largest absolute Gasteiger partial charge is 0.479 e. The normalized spacial score (nSPS) is 12.6. The van der Waals surface area contributed by atoms with Crippen LogP contribution in [-0.2, 0) is 14.3 Å². The first-order chi connectivity index (χ1) is 11.5. The highest BCUT2D eigenvalue weighted by atomic mass is 16.6. The Morgan fingerprint density at radius 2 is 1.75 bits per heavy atom. The van der Waals surface area contributed by atoms with Crippen molar-refractivity contribution in [1.82, 2.24) is 10.6 Å². The van der Waals surface area contributed by atoms with Crippen LogP contribution in [0.2, 0.25) is 0 Å². The second-order valence-electron chi connectivity index (χ2n) is 5.27. The number of urea groups is 1. The van der Waals surface area contributed by atoms with Crippen LogP contribution in [0.4, 0.5) is 4.79 Å². The Morgan fingerprint density at radius 3 is 2.33 bits per heavy atom. The minimum Gasteiger partial charge on any atom is -0.479 e. The molecule has 0 radical (unpaired) electrons. The first-order valence-electron chi connectivity index (χ1n) is 7.94. The highest BCUT2D eigenvalue weighted by Gasteiger charge is 2.21. The lowest BCUT2D eigenvalue weighted by molar-refractivity contribution is -0.155. The minimum absolute atomic E-state index is 0.0518. The van der Waals surface area contributed by atoms with E-state index in [1.54, 1.807) is 31.2 Å². The number of carbonyl (C=O) groups excluding carboxylic acids is 3. The smallest absolute Gasteiger partial charge is 0.347 e. The van der Waals surface area contributed by atoms with Crippen LogP contribution in [-0.4, -0.2) is 36.7 Å². The summed E-state index contributed by atoms with van der Waals surface area (Å²) >= 11 is 0. The van der Waals surface area contributed by atoms with Gasteiger partial charge in [0.2, 0.25) is 0 Å². The number of carbonyl (C=O) groups is 3. The maximum Gasteiger partial charge on any atom is 0.347 e. The van der Waals surface area contributed by atoms with Crippen molar-refractivity contribution >= 4 is 17.9 Å². The quantitative estimate of drug-likeness (QED) is 0.708. The van der Waals surface area contributed by atoms with Gasteiger partial charge in [0.25, 0.3) is 5.91 Å². The summed E-state index contributed by atoms with van der Waals surface area (Å²) in [4.78, 5) is 35.1. The third-order valence-corrected chi connectivity index (χ3v) is 3.24. The molecule has 1 rings (SSSR count). The van der Waals surface area contributed by atoms with E-state index in [0.29, 0.717) is 12.2 Å². The van der Waals surface area contributed by atoms with Gasteiger partial charge in [-0.3, -0.25) is 10.1 Å². The predicted octanol–water partition coefficient (Wildman–Crippen LogP) is 2.01. The van der Waals surface area contributed by atoms with Gasteiger partial charge in [0.15, 0.2) is 12.7 Å². The number of hydrogen-bond donors (Lipinski definition) is 2. The van der Waals surface area contributed by atoms with Crippen LogP contribution in [0.15, 0.2) is 30.3 Å². The predicted molar refractivity (Wildman–Crippen MR) is 88.5 cm³/mol. The zero-order chi connectivity index (χ0) is 17.9. The van der Waals surface area contributed by atoms with Crippen molar-refractivity contribution in [3.8, 4) is 5.75 Å². The summed E-state index contributed by atoms with van der Waals surface area (Å²) in [6.07, 6.45) is 0.323. The van der Waals surface area contributed by atoms with Gasteiger partial charge in [0.1, 0.15) is 5.75 Å². The molecular weight excluding hydrogens is 312 g/mol. The highest BCUT2D eigenvalue weighted by molar-refractivity contribution is 5.95. The molecule has 0 aliphatic carbocycles. The fourth-order valence-corrected chi connectivity index (χ4v) is 1.72. The Labute approximate surface area is 141 Å². The van der Waals surface area contributed by atoms with Gasteiger partial charge in [-0.05, 0) is 31.9 Å². The molecule has 132 valence electrons. The van der Waals surface area contributed by atoms with Gasteiger partial charge in [0.05, 0.1) is 0 Å². The van der Waals surface area contributed by atoms with Gasteiger partial charge in [-0.15, -0.1) is 0 Å². The first kappa shape index (κ1) is 19.5.